The third-order valence-electron chi connectivity index (χ3n) is 2.10. The van der Waals surface area contributed by atoms with Crippen molar-refractivity contribution in [2.24, 2.45) is 0 Å². The maximum absolute atomic E-state index is 10.4. The molecule has 0 saturated heterocycles. The Balaban J connectivity index is 2.11. The molecule has 0 fully saturated rings. The Labute approximate surface area is 95.6 Å². The molecule has 0 bridgehead atoms. The zero-order valence-corrected chi connectivity index (χ0v) is 8.98. The van der Waals surface area contributed by atoms with E-state index in [0.29, 0.717) is 11.5 Å². The van der Waals surface area contributed by atoms with Gasteiger partial charge in [0.15, 0.2) is 6.20 Å². The number of furan rings is 1. The molecule has 0 aromatic carbocycles. The van der Waals surface area contributed by atoms with E-state index < -0.39 is 11.0 Å². The maximum Gasteiger partial charge on any atom is 0.410 e. The Bertz CT molecular complexity index is 531. The van der Waals surface area contributed by atoms with Crippen LogP contribution in [0.5, 0.6) is 0 Å². The van der Waals surface area contributed by atoms with E-state index in [0.717, 1.165) is 11.0 Å². The molecule has 8 heteroatoms. The minimum absolute atomic E-state index is 0.181. The third kappa shape index (κ3) is 2.48. The summed E-state index contributed by atoms with van der Waals surface area (Å²) in [7, 11) is 0. The fourth-order valence-corrected chi connectivity index (χ4v) is 1.29. The Morgan fingerprint density at radius 2 is 2.41 bits per heavy atom. The lowest BCUT2D eigenvalue weighted by Gasteiger charge is -1.97. The Morgan fingerprint density at radius 3 is 2.94 bits per heavy atom. The van der Waals surface area contributed by atoms with E-state index in [9.17, 15) is 15.2 Å². The molecule has 1 atom stereocenters. The summed E-state index contributed by atoms with van der Waals surface area (Å²) in [6.45, 7) is 1.76. The number of rotatable bonds is 4. The first-order valence-corrected chi connectivity index (χ1v) is 4.87. The minimum Gasteiger partial charge on any atom is -0.461 e. The smallest absolute Gasteiger partial charge is 0.410 e. The summed E-state index contributed by atoms with van der Waals surface area (Å²) in [5.41, 5.74) is 0. The molecule has 0 radical (unpaired) electrons. The van der Waals surface area contributed by atoms with Crippen LogP contribution >= 0.6 is 0 Å². The standard InChI is InChI=1S/C9H10N4O4/c1-6(14)8-3-2-7(17-8)5-12-10-4-9(11-12)13(15)16/h2-4,6,14H,5H2,1H3. The van der Waals surface area contributed by atoms with E-state index in [4.69, 9.17) is 4.42 Å². The van der Waals surface area contributed by atoms with E-state index >= 15 is 0 Å². The Hall–Kier alpha value is -2.22. The van der Waals surface area contributed by atoms with Gasteiger partial charge in [-0.05, 0) is 24.0 Å². The van der Waals surface area contributed by atoms with Gasteiger partial charge in [0, 0.05) is 0 Å². The average Bonchev–Trinajstić information content (AvgIpc) is 2.87. The number of nitrogens with zero attached hydrogens (tertiary/aromatic N) is 4. The second-order valence-corrected chi connectivity index (χ2v) is 3.47. The zero-order chi connectivity index (χ0) is 12.4. The molecule has 0 aliphatic heterocycles. The van der Waals surface area contributed by atoms with Crippen molar-refractivity contribution < 1.29 is 14.4 Å². The van der Waals surface area contributed by atoms with Gasteiger partial charge < -0.3 is 19.6 Å². The van der Waals surface area contributed by atoms with Crippen LogP contribution in [-0.2, 0) is 6.54 Å². The Morgan fingerprint density at radius 1 is 1.65 bits per heavy atom. The van der Waals surface area contributed by atoms with Crippen molar-refractivity contribution in [2.75, 3.05) is 0 Å². The fourth-order valence-electron chi connectivity index (χ4n) is 1.29. The lowest BCUT2D eigenvalue weighted by molar-refractivity contribution is -0.389. The highest BCUT2D eigenvalue weighted by Gasteiger charge is 2.14. The number of nitro groups is 1. The molecule has 2 rings (SSSR count). The molecule has 1 N–H and O–H groups in total. The molecule has 8 nitrogen and oxygen atoms in total. The van der Waals surface area contributed by atoms with E-state index in [1.54, 1.807) is 19.1 Å². The second-order valence-electron chi connectivity index (χ2n) is 3.47. The van der Waals surface area contributed by atoms with Gasteiger partial charge in [-0.1, -0.05) is 4.80 Å². The van der Waals surface area contributed by atoms with Crippen molar-refractivity contribution in [1.82, 2.24) is 15.0 Å². The summed E-state index contributed by atoms with van der Waals surface area (Å²) in [5, 5.41) is 27.0. The normalized spacial score (nSPS) is 12.6. The summed E-state index contributed by atoms with van der Waals surface area (Å²) in [5.74, 6) is 0.639. The van der Waals surface area contributed by atoms with Crippen LogP contribution in [0.15, 0.2) is 22.7 Å². The van der Waals surface area contributed by atoms with Gasteiger partial charge in [-0.25, -0.2) is 0 Å². The maximum atomic E-state index is 10.4. The van der Waals surface area contributed by atoms with Gasteiger partial charge in [0.2, 0.25) is 0 Å². The van der Waals surface area contributed by atoms with Crippen LogP contribution < -0.4 is 0 Å². The van der Waals surface area contributed by atoms with Gasteiger partial charge >= 0.3 is 5.82 Å². The number of aliphatic hydroxyl groups excluding tert-OH is 1. The molecular weight excluding hydrogens is 228 g/mol. The van der Waals surface area contributed by atoms with Crippen LogP contribution in [0.3, 0.4) is 0 Å². The summed E-state index contributed by atoms with van der Waals surface area (Å²) < 4.78 is 5.30. The van der Waals surface area contributed by atoms with Crippen molar-refractivity contribution in [3.05, 3.63) is 40.0 Å². The topological polar surface area (TPSA) is 107 Å². The largest absolute Gasteiger partial charge is 0.461 e. The molecule has 90 valence electrons. The SMILES string of the molecule is CC(O)c1ccc(Cn2ncc([N+](=O)[O-])n2)o1. The first-order valence-electron chi connectivity index (χ1n) is 4.87. The first kappa shape index (κ1) is 11.3. The minimum atomic E-state index is -0.691. The van der Waals surface area contributed by atoms with Gasteiger partial charge in [-0.3, -0.25) is 0 Å². The van der Waals surface area contributed by atoms with Crippen LogP contribution in [-0.4, -0.2) is 25.0 Å². The zero-order valence-electron chi connectivity index (χ0n) is 8.98. The van der Waals surface area contributed by atoms with Crippen LogP contribution in [0.4, 0.5) is 5.82 Å². The summed E-state index contributed by atoms with van der Waals surface area (Å²) >= 11 is 0. The van der Waals surface area contributed by atoms with E-state index in [1.807, 2.05) is 0 Å². The van der Waals surface area contributed by atoms with Crippen molar-refractivity contribution in [1.29, 1.82) is 0 Å². The molecule has 0 amide bonds. The molecule has 2 aromatic heterocycles. The number of hydrogen-bond acceptors (Lipinski definition) is 6. The van der Waals surface area contributed by atoms with Crippen LogP contribution in [0.25, 0.3) is 0 Å². The highest BCUT2D eigenvalue weighted by molar-refractivity contribution is 5.11. The Kier molecular flexibility index (Phi) is 2.88. The van der Waals surface area contributed by atoms with Crippen LogP contribution in [0.2, 0.25) is 0 Å². The lowest BCUT2D eigenvalue weighted by Crippen LogP contribution is -2.03. The van der Waals surface area contributed by atoms with Crippen LogP contribution in [0.1, 0.15) is 24.5 Å². The predicted octanol–water partition coefficient (Wildman–Crippen LogP) is 0.881. The molecule has 0 saturated carbocycles. The fraction of sp³-hybridized carbons (Fsp3) is 0.333. The average molecular weight is 238 g/mol. The highest BCUT2D eigenvalue weighted by Crippen LogP contribution is 2.16. The quantitative estimate of drug-likeness (QED) is 0.625. The number of aliphatic hydroxyl groups is 1. The van der Waals surface area contributed by atoms with Crippen molar-refractivity contribution in [3.8, 4) is 0 Å². The first-order chi connectivity index (χ1) is 8.06. The lowest BCUT2D eigenvalue weighted by atomic mass is 10.3. The monoisotopic (exact) mass is 238 g/mol. The predicted molar refractivity (Wildman–Crippen MR) is 55.1 cm³/mol. The van der Waals surface area contributed by atoms with Gasteiger partial charge in [0.25, 0.3) is 0 Å². The van der Waals surface area contributed by atoms with E-state index in [-0.39, 0.29) is 12.4 Å². The molecular formula is C9H10N4O4. The molecule has 0 aliphatic rings. The number of aromatic nitrogens is 3. The highest BCUT2D eigenvalue weighted by atomic mass is 16.6. The summed E-state index contributed by atoms with van der Waals surface area (Å²) in [6.07, 6.45) is 0.377. The molecule has 0 spiro atoms. The van der Waals surface area contributed by atoms with Gasteiger partial charge in [-0.15, -0.1) is 5.10 Å². The molecule has 2 aromatic rings. The van der Waals surface area contributed by atoms with Crippen molar-refractivity contribution in [3.63, 3.8) is 0 Å². The second kappa shape index (κ2) is 4.34. The molecule has 0 aliphatic carbocycles. The third-order valence-corrected chi connectivity index (χ3v) is 2.10. The molecule has 2 heterocycles. The summed E-state index contributed by atoms with van der Waals surface area (Å²) in [4.78, 5) is 10.9. The van der Waals surface area contributed by atoms with Crippen molar-refractivity contribution >= 4 is 5.82 Å². The molecule has 17 heavy (non-hydrogen) atoms. The van der Waals surface area contributed by atoms with Crippen LogP contribution in [0, 0.1) is 10.1 Å². The number of hydrogen-bond donors (Lipinski definition) is 1. The van der Waals surface area contributed by atoms with Gasteiger partial charge in [0.1, 0.15) is 24.2 Å². The molecule has 1 unspecified atom stereocenters. The summed E-state index contributed by atoms with van der Waals surface area (Å²) in [6, 6.07) is 3.30. The van der Waals surface area contributed by atoms with E-state index in [2.05, 4.69) is 10.2 Å². The van der Waals surface area contributed by atoms with Gasteiger partial charge in [0.05, 0.1) is 5.10 Å². The van der Waals surface area contributed by atoms with Gasteiger partial charge in [-0.2, -0.15) is 0 Å². The van der Waals surface area contributed by atoms with Crippen molar-refractivity contribution in [2.45, 2.75) is 19.6 Å². The van der Waals surface area contributed by atoms with E-state index in [1.165, 1.54) is 0 Å².